The van der Waals surface area contributed by atoms with Gasteiger partial charge in [-0.25, -0.2) is 0 Å². The van der Waals surface area contributed by atoms with Gasteiger partial charge >= 0.3 is 0 Å². The summed E-state index contributed by atoms with van der Waals surface area (Å²) in [7, 11) is 3.13. The lowest BCUT2D eigenvalue weighted by Gasteiger charge is -2.11. The summed E-state index contributed by atoms with van der Waals surface area (Å²) < 4.78 is 0. The summed E-state index contributed by atoms with van der Waals surface area (Å²) in [6, 6.07) is 4.13. The van der Waals surface area contributed by atoms with E-state index >= 15 is 0 Å². The highest BCUT2D eigenvalue weighted by molar-refractivity contribution is 5.95. The molecule has 1 rings (SSSR count). The maximum absolute atomic E-state index is 11.8. The molecule has 0 unspecified atom stereocenters. The molecule has 1 aromatic carbocycles. The van der Waals surface area contributed by atoms with Gasteiger partial charge in [-0.05, 0) is 12.1 Å². The average molecular weight is 280 g/mol. The second kappa shape index (κ2) is 6.50. The molecule has 0 aromatic heterocycles. The van der Waals surface area contributed by atoms with Crippen molar-refractivity contribution in [1.82, 2.24) is 4.90 Å². The Hall–Kier alpha value is -2.64. The van der Waals surface area contributed by atoms with E-state index in [1.807, 2.05) is 0 Å². The van der Waals surface area contributed by atoms with Crippen LogP contribution in [0.15, 0.2) is 18.2 Å². The summed E-state index contributed by atoms with van der Waals surface area (Å²) in [5.41, 5.74) is 5.23. The number of hydrogen-bond donors (Lipinski definition) is 2. The van der Waals surface area contributed by atoms with Crippen LogP contribution < -0.4 is 11.1 Å². The Kier molecular flexibility index (Phi) is 5.01. The van der Waals surface area contributed by atoms with E-state index in [9.17, 15) is 19.7 Å². The first-order valence-electron chi connectivity index (χ1n) is 5.85. The Balaban J connectivity index is 2.99. The van der Waals surface area contributed by atoms with Crippen LogP contribution in [-0.4, -0.2) is 42.3 Å². The van der Waals surface area contributed by atoms with Gasteiger partial charge in [0.05, 0.1) is 4.92 Å². The molecule has 0 saturated heterocycles. The van der Waals surface area contributed by atoms with E-state index in [0.717, 1.165) is 0 Å². The minimum Gasteiger partial charge on any atom is -0.379 e. The van der Waals surface area contributed by atoms with Gasteiger partial charge in [0.15, 0.2) is 0 Å². The monoisotopic (exact) mass is 280 g/mol. The van der Waals surface area contributed by atoms with E-state index in [1.165, 1.54) is 23.1 Å². The molecular formula is C12H16N4O4. The number of nitrogens with one attached hydrogen (secondary N) is 1. The van der Waals surface area contributed by atoms with Crippen LogP contribution in [0.25, 0.3) is 0 Å². The standard InChI is InChI=1S/C12H16N4O4/c1-15(2)12(18)8-3-4-9(10(7-8)16(19)20)14-6-5-11(13)17/h3-4,7,14H,5-6H2,1-2H3,(H2,13,17). The number of nitrogens with zero attached hydrogens (tertiary/aromatic N) is 2. The van der Waals surface area contributed by atoms with Crippen LogP contribution >= 0.6 is 0 Å². The molecule has 8 heteroatoms. The number of benzene rings is 1. The van der Waals surface area contributed by atoms with Crippen molar-refractivity contribution in [3.8, 4) is 0 Å². The van der Waals surface area contributed by atoms with Crippen LogP contribution in [0.5, 0.6) is 0 Å². The third kappa shape index (κ3) is 3.94. The molecule has 0 heterocycles. The van der Waals surface area contributed by atoms with E-state index in [4.69, 9.17) is 5.73 Å². The van der Waals surface area contributed by atoms with Crippen molar-refractivity contribution >= 4 is 23.2 Å². The highest BCUT2D eigenvalue weighted by Crippen LogP contribution is 2.25. The van der Waals surface area contributed by atoms with E-state index in [0.29, 0.717) is 0 Å². The molecule has 0 fully saturated rings. The molecule has 0 aliphatic rings. The van der Waals surface area contributed by atoms with Crippen molar-refractivity contribution < 1.29 is 14.5 Å². The lowest BCUT2D eigenvalue weighted by molar-refractivity contribution is -0.384. The number of nitro benzene ring substituents is 1. The van der Waals surface area contributed by atoms with E-state index < -0.39 is 10.8 Å². The number of primary amides is 1. The average Bonchev–Trinajstić information content (AvgIpc) is 2.37. The first kappa shape index (κ1) is 15.4. The number of carbonyl (C=O) groups excluding carboxylic acids is 2. The van der Waals surface area contributed by atoms with Gasteiger partial charge in [0.1, 0.15) is 5.69 Å². The van der Waals surface area contributed by atoms with Crippen LogP contribution in [0.3, 0.4) is 0 Å². The minimum atomic E-state index is -0.584. The third-order valence-electron chi connectivity index (χ3n) is 2.53. The van der Waals surface area contributed by atoms with Crippen molar-refractivity contribution in [2.45, 2.75) is 6.42 Å². The Labute approximate surface area is 115 Å². The fraction of sp³-hybridized carbons (Fsp3) is 0.333. The van der Waals surface area contributed by atoms with Crippen molar-refractivity contribution in [2.75, 3.05) is 26.0 Å². The quantitative estimate of drug-likeness (QED) is 0.583. The van der Waals surface area contributed by atoms with Crippen LogP contribution in [0.2, 0.25) is 0 Å². The number of nitrogens with two attached hydrogens (primary N) is 1. The number of hydrogen-bond acceptors (Lipinski definition) is 5. The normalized spacial score (nSPS) is 9.90. The van der Waals surface area contributed by atoms with Gasteiger partial charge in [-0.15, -0.1) is 0 Å². The molecule has 0 aliphatic carbocycles. The molecule has 0 bridgehead atoms. The van der Waals surface area contributed by atoms with Gasteiger partial charge in [-0.3, -0.25) is 19.7 Å². The van der Waals surface area contributed by atoms with Crippen LogP contribution in [0.1, 0.15) is 16.8 Å². The number of nitro groups is 1. The van der Waals surface area contributed by atoms with E-state index in [1.54, 1.807) is 14.1 Å². The second-order valence-electron chi connectivity index (χ2n) is 4.33. The zero-order chi connectivity index (χ0) is 15.3. The number of rotatable bonds is 6. The van der Waals surface area contributed by atoms with Gasteiger partial charge in [0.25, 0.3) is 11.6 Å². The summed E-state index contributed by atoms with van der Waals surface area (Å²) >= 11 is 0. The smallest absolute Gasteiger partial charge is 0.293 e. The molecule has 0 spiro atoms. The van der Waals surface area contributed by atoms with E-state index in [-0.39, 0.29) is 35.8 Å². The van der Waals surface area contributed by atoms with Crippen LogP contribution in [0, 0.1) is 10.1 Å². The molecule has 20 heavy (non-hydrogen) atoms. The Morgan fingerprint density at radius 2 is 2.05 bits per heavy atom. The molecule has 8 nitrogen and oxygen atoms in total. The van der Waals surface area contributed by atoms with Crippen molar-refractivity contribution in [3.63, 3.8) is 0 Å². The van der Waals surface area contributed by atoms with Gasteiger partial charge in [0, 0.05) is 38.7 Å². The second-order valence-corrected chi connectivity index (χ2v) is 4.33. The van der Waals surface area contributed by atoms with Gasteiger partial charge in [-0.2, -0.15) is 0 Å². The predicted octanol–water partition coefficient (Wildman–Crippen LogP) is 0.584. The molecule has 108 valence electrons. The summed E-state index contributed by atoms with van der Waals surface area (Å²) in [6.45, 7) is 0.192. The van der Waals surface area contributed by atoms with Crippen molar-refractivity contribution in [1.29, 1.82) is 0 Å². The van der Waals surface area contributed by atoms with Crippen LogP contribution in [0.4, 0.5) is 11.4 Å². The summed E-state index contributed by atoms with van der Waals surface area (Å²) in [5.74, 6) is -0.823. The number of anilines is 1. The number of amides is 2. The zero-order valence-corrected chi connectivity index (χ0v) is 11.3. The zero-order valence-electron chi connectivity index (χ0n) is 11.3. The first-order chi connectivity index (χ1) is 9.32. The molecular weight excluding hydrogens is 264 g/mol. The summed E-state index contributed by atoms with van der Waals surface area (Å²) in [5, 5.41) is 13.8. The highest BCUT2D eigenvalue weighted by Gasteiger charge is 2.18. The largest absolute Gasteiger partial charge is 0.379 e. The minimum absolute atomic E-state index is 0.0650. The predicted molar refractivity (Wildman–Crippen MR) is 73.4 cm³/mol. The van der Waals surface area contributed by atoms with Crippen molar-refractivity contribution in [3.05, 3.63) is 33.9 Å². The van der Waals surface area contributed by atoms with Gasteiger partial charge in [-0.1, -0.05) is 0 Å². The van der Waals surface area contributed by atoms with Gasteiger partial charge < -0.3 is 16.0 Å². The topological polar surface area (TPSA) is 119 Å². The lowest BCUT2D eigenvalue weighted by Crippen LogP contribution is -2.22. The molecule has 0 atom stereocenters. The van der Waals surface area contributed by atoms with E-state index in [2.05, 4.69) is 5.32 Å². The Morgan fingerprint density at radius 1 is 1.40 bits per heavy atom. The molecule has 0 saturated carbocycles. The molecule has 3 N–H and O–H groups in total. The SMILES string of the molecule is CN(C)C(=O)c1ccc(NCCC(N)=O)c([N+](=O)[O-])c1. The van der Waals surface area contributed by atoms with Crippen LogP contribution in [-0.2, 0) is 4.79 Å². The Morgan fingerprint density at radius 3 is 2.55 bits per heavy atom. The van der Waals surface area contributed by atoms with Crippen molar-refractivity contribution in [2.24, 2.45) is 5.73 Å². The maximum atomic E-state index is 11.8. The molecule has 0 radical (unpaired) electrons. The maximum Gasteiger partial charge on any atom is 0.293 e. The summed E-state index contributed by atoms with van der Waals surface area (Å²) in [4.78, 5) is 34.1. The third-order valence-corrected chi connectivity index (χ3v) is 2.53. The Bertz CT molecular complexity index is 542. The summed E-state index contributed by atoms with van der Waals surface area (Å²) in [6.07, 6.45) is 0.0650. The molecule has 2 amide bonds. The fourth-order valence-electron chi connectivity index (χ4n) is 1.54. The lowest BCUT2D eigenvalue weighted by atomic mass is 10.1. The molecule has 1 aromatic rings. The van der Waals surface area contributed by atoms with Gasteiger partial charge in [0.2, 0.25) is 5.91 Å². The fourth-order valence-corrected chi connectivity index (χ4v) is 1.54. The highest BCUT2D eigenvalue weighted by atomic mass is 16.6. The molecule has 0 aliphatic heterocycles. The first-order valence-corrected chi connectivity index (χ1v) is 5.85. The number of carbonyl (C=O) groups is 2.